The molecule has 2 heterocycles. The van der Waals surface area contributed by atoms with Crippen LogP contribution in [0.2, 0.25) is 0 Å². The second-order valence-electron chi connectivity index (χ2n) is 4.93. The van der Waals surface area contributed by atoms with Crippen molar-refractivity contribution in [1.29, 1.82) is 0 Å². The minimum atomic E-state index is -0.875. The van der Waals surface area contributed by atoms with E-state index in [1.807, 2.05) is 4.90 Å². The quantitative estimate of drug-likeness (QED) is 0.662. The third-order valence-electron chi connectivity index (χ3n) is 3.55. The Labute approximate surface area is 110 Å². The topological polar surface area (TPSA) is 86.9 Å². The lowest BCUT2D eigenvalue weighted by Crippen LogP contribution is -2.70. The Bertz CT molecular complexity index is 369. The van der Waals surface area contributed by atoms with E-state index < -0.39 is 12.1 Å². The summed E-state index contributed by atoms with van der Waals surface area (Å²) < 4.78 is 0. The van der Waals surface area contributed by atoms with Crippen LogP contribution in [0, 0.1) is 0 Å². The van der Waals surface area contributed by atoms with Crippen molar-refractivity contribution in [1.82, 2.24) is 9.80 Å². The number of likely N-dealkylation sites (tertiary alicyclic amines) is 1. The number of aliphatic hydroxyl groups excluding tert-OH is 1. The third-order valence-corrected chi connectivity index (χ3v) is 4.95. The molecule has 2 atom stereocenters. The molecule has 0 aliphatic carbocycles. The first kappa shape index (κ1) is 13.6. The summed E-state index contributed by atoms with van der Waals surface area (Å²) in [7, 11) is 0. The Balaban J connectivity index is 1.97. The number of carbonyl (C=O) groups is 2. The molecule has 0 aromatic carbocycles. The van der Waals surface area contributed by atoms with Crippen molar-refractivity contribution in [2.45, 2.75) is 30.9 Å². The number of hydrogen-bond acceptors (Lipinski definition) is 5. The van der Waals surface area contributed by atoms with E-state index in [0.29, 0.717) is 13.1 Å². The average Bonchev–Trinajstić information content (AvgIpc) is 2.69. The summed E-state index contributed by atoms with van der Waals surface area (Å²) in [5.41, 5.74) is 5.62. The Hall–Kier alpha value is -0.790. The molecule has 0 aromatic rings. The molecule has 0 aromatic heterocycles. The number of nitrogens with two attached hydrogens (primary N) is 1. The van der Waals surface area contributed by atoms with Crippen molar-refractivity contribution >= 4 is 23.6 Å². The van der Waals surface area contributed by atoms with Crippen LogP contribution in [0.4, 0.5) is 0 Å². The van der Waals surface area contributed by atoms with Crippen molar-refractivity contribution in [2.24, 2.45) is 5.73 Å². The minimum absolute atomic E-state index is 0.0481. The predicted octanol–water partition coefficient (Wildman–Crippen LogP) is -1.17. The number of rotatable bonds is 2. The van der Waals surface area contributed by atoms with Gasteiger partial charge in [0.25, 0.3) is 0 Å². The summed E-state index contributed by atoms with van der Waals surface area (Å²) in [5.74, 6) is 0.711. The zero-order valence-electron chi connectivity index (χ0n) is 10.6. The van der Waals surface area contributed by atoms with Gasteiger partial charge in [-0.2, -0.15) is 0 Å². The molecular weight excluding hydrogens is 254 g/mol. The molecule has 0 radical (unpaired) electrons. The molecule has 1 spiro atoms. The van der Waals surface area contributed by atoms with Gasteiger partial charge in [-0.1, -0.05) is 0 Å². The summed E-state index contributed by atoms with van der Waals surface area (Å²) in [5, 5.41) is 9.31. The molecule has 0 bridgehead atoms. The SMILES string of the molecule is CC(=O)N1CCSC12CN(C(=O)[C@@H](N)[C@@H](C)O)C2. The number of amides is 2. The van der Waals surface area contributed by atoms with Crippen LogP contribution in [-0.4, -0.2) is 69.1 Å². The molecule has 2 amide bonds. The summed E-state index contributed by atoms with van der Waals surface area (Å²) in [6.45, 7) is 4.82. The average molecular weight is 273 g/mol. The van der Waals surface area contributed by atoms with E-state index in [0.717, 1.165) is 12.3 Å². The zero-order valence-corrected chi connectivity index (χ0v) is 11.4. The Morgan fingerprint density at radius 3 is 2.56 bits per heavy atom. The Morgan fingerprint density at radius 2 is 2.06 bits per heavy atom. The fourth-order valence-corrected chi connectivity index (χ4v) is 3.96. The second kappa shape index (κ2) is 4.71. The number of carbonyl (C=O) groups excluding carboxylic acids is 2. The van der Waals surface area contributed by atoms with Gasteiger partial charge < -0.3 is 20.6 Å². The maximum Gasteiger partial charge on any atom is 0.242 e. The molecule has 2 fully saturated rings. The van der Waals surface area contributed by atoms with Gasteiger partial charge >= 0.3 is 0 Å². The molecular formula is C11H19N3O3S. The Kier molecular flexibility index (Phi) is 3.57. The van der Waals surface area contributed by atoms with Crippen LogP contribution in [0.15, 0.2) is 0 Å². The second-order valence-corrected chi connectivity index (χ2v) is 6.38. The lowest BCUT2D eigenvalue weighted by molar-refractivity contribution is -0.149. The molecule has 6 nitrogen and oxygen atoms in total. The minimum Gasteiger partial charge on any atom is -0.391 e. The molecule has 0 unspecified atom stereocenters. The number of thioether (sulfide) groups is 1. The van der Waals surface area contributed by atoms with Crippen molar-refractivity contribution < 1.29 is 14.7 Å². The van der Waals surface area contributed by atoms with E-state index in [4.69, 9.17) is 5.73 Å². The van der Waals surface area contributed by atoms with Crippen LogP contribution in [0.3, 0.4) is 0 Å². The van der Waals surface area contributed by atoms with Crippen LogP contribution in [0.25, 0.3) is 0 Å². The fourth-order valence-electron chi connectivity index (χ4n) is 2.44. The van der Waals surface area contributed by atoms with Crippen LogP contribution in [0.1, 0.15) is 13.8 Å². The normalized spacial score (nSPS) is 24.9. The predicted molar refractivity (Wildman–Crippen MR) is 68.8 cm³/mol. The monoisotopic (exact) mass is 273 g/mol. The van der Waals surface area contributed by atoms with E-state index >= 15 is 0 Å². The van der Waals surface area contributed by atoms with Crippen molar-refractivity contribution in [3.8, 4) is 0 Å². The van der Waals surface area contributed by atoms with E-state index in [1.54, 1.807) is 23.6 Å². The fraction of sp³-hybridized carbons (Fsp3) is 0.818. The standard InChI is InChI=1S/C11H19N3O3S/c1-7(15)9(12)10(17)13-5-11(6-13)14(8(2)16)3-4-18-11/h7,9,15H,3-6,12H2,1-2H3/t7-,9+/m1/s1. The highest BCUT2D eigenvalue weighted by atomic mass is 32.2. The van der Waals surface area contributed by atoms with Gasteiger partial charge in [0.15, 0.2) is 0 Å². The van der Waals surface area contributed by atoms with Gasteiger partial charge in [0, 0.05) is 19.2 Å². The Morgan fingerprint density at radius 1 is 1.44 bits per heavy atom. The van der Waals surface area contributed by atoms with Crippen molar-refractivity contribution in [3.63, 3.8) is 0 Å². The number of aliphatic hydroxyl groups is 1. The molecule has 2 rings (SSSR count). The molecule has 0 saturated carbocycles. The van der Waals surface area contributed by atoms with Crippen LogP contribution in [0.5, 0.6) is 0 Å². The highest BCUT2D eigenvalue weighted by molar-refractivity contribution is 8.01. The van der Waals surface area contributed by atoms with Crippen molar-refractivity contribution in [3.05, 3.63) is 0 Å². The summed E-state index contributed by atoms with van der Waals surface area (Å²) >= 11 is 1.72. The first-order valence-corrected chi connectivity index (χ1v) is 7.00. The highest BCUT2D eigenvalue weighted by Crippen LogP contribution is 2.43. The largest absolute Gasteiger partial charge is 0.391 e. The number of nitrogens with zero attached hydrogens (tertiary/aromatic N) is 2. The lowest BCUT2D eigenvalue weighted by Gasteiger charge is -2.52. The molecule has 2 aliphatic heterocycles. The third kappa shape index (κ3) is 2.10. The van der Waals surface area contributed by atoms with Gasteiger partial charge in [0.1, 0.15) is 10.9 Å². The van der Waals surface area contributed by atoms with E-state index in [-0.39, 0.29) is 16.7 Å². The lowest BCUT2D eigenvalue weighted by atomic mass is 10.0. The van der Waals surface area contributed by atoms with Crippen LogP contribution >= 0.6 is 11.8 Å². The van der Waals surface area contributed by atoms with Gasteiger partial charge in [-0.05, 0) is 6.92 Å². The van der Waals surface area contributed by atoms with Gasteiger partial charge in [0.2, 0.25) is 11.8 Å². The molecule has 102 valence electrons. The summed E-state index contributed by atoms with van der Waals surface area (Å²) in [6.07, 6.45) is -0.853. The maximum atomic E-state index is 11.9. The van der Waals surface area contributed by atoms with E-state index in [9.17, 15) is 14.7 Å². The summed E-state index contributed by atoms with van der Waals surface area (Å²) in [4.78, 5) is 26.6. The zero-order chi connectivity index (χ0) is 13.5. The summed E-state index contributed by atoms with van der Waals surface area (Å²) in [6, 6.07) is -0.875. The van der Waals surface area contributed by atoms with Gasteiger partial charge in [-0.25, -0.2) is 0 Å². The van der Waals surface area contributed by atoms with Gasteiger partial charge in [-0.3, -0.25) is 9.59 Å². The van der Waals surface area contributed by atoms with Crippen molar-refractivity contribution in [2.75, 3.05) is 25.4 Å². The molecule has 18 heavy (non-hydrogen) atoms. The molecule has 2 saturated heterocycles. The van der Waals surface area contributed by atoms with Crippen LogP contribution < -0.4 is 5.73 Å². The van der Waals surface area contributed by atoms with Gasteiger partial charge in [-0.15, -0.1) is 11.8 Å². The highest BCUT2D eigenvalue weighted by Gasteiger charge is 2.54. The molecule has 3 N–H and O–H groups in total. The van der Waals surface area contributed by atoms with E-state index in [2.05, 4.69) is 0 Å². The van der Waals surface area contributed by atoms with E-state index in [1.165, 1.54) is 6.92 Å². The molecule has 7 heteroatoms. The van der Waals surface area contributed by atoms with Gasteiger partial charge in [0.05, 0.1) is 19.2 Å². The smallest absolute Gasteiger partial charge is 0.242 e. The molecule has 2 aliphatic rings. The first-order valence-electron chi connectivity index (χ1n) is 6.02. The van der Waals surface area contributed by atoms with Crippen LogP contribution in [-0.2, 0) is 9.59 Å². The maximum absolute atomic E-state index is 11.9. The first-order chi connectivity index (χ1) is 8.37. The number of hydrogen-bond donors (Lipinski definition) is 2.